The number of aliphatic hydroxyl groups excluding tert-OH is 1. The van der Waals surface area contributed by atoms with Crippen LogP contribution in [0.15, 0.2) is 0 Å². The Balaban J connectivity index is 2.79. The second-order valence-corrected chi connectivity index (χ2v) is 6.87. The molecule has 0 aliphatic carbocycles. The highest BCUT2D eigenvalue weighted by Gasteiger charge is 2.33. The number of aliphatic hydroxyl groups is 1. The molecule has 1 heterocycles. The zero-order chi connectivity index (χ0) is 15.3. The van der Waals surface area contributed by atoms with Crippen LogP contribution in [-0.2, 0) is 15.0 Å². The molecule has 0 saturated carbocycles. The van der Waals surface area contributed by atoms with Crippen LogP contribution in [0.4, 0.5) is 0 Å². The first-order valence-corrected chi connectivity index (χ1v) is 8.43. The molecular formula is C12H25N3O4S. The molecule has 8 heteroatoms. The van der Waals surface area contributed by atoms with Crippen LogP contribution in [0.1, 0.15) is 33.6 Å². The number of hydrogen-bond donors (Lipinski definition) is 2. The molecule has 0 aromatic rings. The van der Waals surface area contributed by atoms with Crippen molar-refractivity contribution in [3.05, 3.63) is 0 Å². The van der Waals surface area contributed by atoms with E-state index in [0.29, 0.717) is 32.5 Å². The lowest BCUT2D eigenvalue weighted by Crippen LogP contribution is -2.44. The topological polar surface area (TPSA) is 90.0 Å². The lowest BCUT2D eigenvalue weighted by atomic mass is 10.1. The number of rotatable bonds is 5. The molecule has 1 aliphatic heterocycles. The maximum Gasteiger partial charge on any atom is 0.281 e. The first-order chi connectivity index (χ1) is 9.32. The number of carbonyl (C=O) groups is 1. The molecule has 2 N–H and O–H groups in total. The van der Waals surface area contributed by atoms with Crippen molar-refractivity contribution in [2.75, 3.05) is 26.2 Å². The predicted octanol–water partition coefficient (Wildman–Crippen LogP) is -0.466. The van der Waals surface area contributed by atoms with Gasteiger partial charge in [-0.1, -0.05) is 13.8 Å². The van der Waals surface area contributed by atoms with Gasteiger partial charge in [0.05, 0.1) is 12.1 Å². The fraction of sp³-hybridized carbons (Fsp3) is 0.917. The van der Waals surface area contributed by atoms with Gasteiger partial charge in [0, 0.05) is 33.1 Å². The molecule has 0 aromatic heterocycles. The summed E-state index contributed by atoms with van der Waals surface area (Å²) in [4.78, 5) is 11.1. The highest BCUT2D eigenvalue weighted by molar-refractivity contribution is 7.86. The van der Waals surface area contributed by atoms with E-state index < -0.39 is 16.3 Å². The standard InChI is InChI=1S/C12H25N3O4S/c1-4-14(5-2)20(18,19)15-8-6-11(13-10(3)16)12(17)7-9-15/h11-12,17H,4-9H2,1-3H3,(H,13,16)/t11-,12-/m0/s1. The van der Waals surface area contributed by atoms with Gasteiger partial charge in [0.25, 0.3) is 10.2 Å². The van der Waals surface area contributed by atoms with E-state index in [0.717, 1.165) is 0 Å². The summed E-state index contributed by atoms with van der Waals surface area (Å²) in [7, 11) is -3.48. The summed E-state index contributed by atoms with van der Waals surface area (Å²) in [6.45, 7) is 6.42. The molecule has 0 bridgehead atoms. The zero-order valence-electron chi connectivity index (χ0n) is 12.4. The van der Waals surface area contributed by atoms with Crippen LogP contribution in [-0.4, -0.2) is 66.4 Å². The van der Waals surface area contributed by atoms with Gasteiger partial charge in [0.15, 0.2) is 0 Å². The monoisotopic (exact) mass is 307 g/mol. The molecule has 1 saturated heterocycles. The molecule has 0 unspecified atom stereocenters. The van der Waals surface area contributed by atoms with E-state index in [9.17, 15) is 18.3 Å². The van der Waals surface area contributed by atoms with Crippen LogP contribution in [0.5, 0.6) is 0 Å². The molecule has 2 atom stereocenters. The molecule has 7 nitrogen and oxygen atoms in total. The predicted molar refractivity (Wildman–Crippen MR) is 76.3 cm³/mol. The minimum Gasteiger partial charge on any atom is -0.391 e. The van der Waals surface area contributed by atoms with Gasteiger partial charge in [-0.25, -0.2) is 0 Å². The lowest BCUT2D eigenvalue weighted by Gasteiger charge is -2.27. The minimum absolute atomic E-state index is 0.214. The summed E-state index contributed by atoms with van der Waals surface area (Å²) >= 11 is 0. The molecule has 1 rings (SSSR count). The van der Waals surface area contributed by atoms with E-state index in [-0.39, 0.29) is 18.5 Å². The van der Waals surface area contributed by atoms with Crippen LogP contribution in [0.2, 0.25) is 0 Å². The normalized spacial score (nSPS) is 25.4. The van der Waals surface area contributed by atoms with E-state index in [1.165, 1.54) is 15.5 Å². The largest absolute Gasteiger partial charge is 0.391 e. The summed E-state index contributed by atoms with van der Waals surface area (Å²) in [5.41, 5.74) is 0. The SMILES string of the molecule is CCN(CC)S(=O)(=O)N1CC[C@H](NC(C)=O)[C@@H](O)CC1. The van der Waals surface area contributed by atoms with Gasteiger partial charge < -0.3 is 10.4 Å². The molecule has 118 valence electrons. The second-order valence-electron chi connectivity index (χ2n) is 4.94. The summed E-state index contributed by atoms with van der Waals surface area (Å²) in [6.07, 6.45) is 0.0305. The Morgan fingerprint density at radius 3 is 2.35 bits per heavy atom. The maximum atomic E-state index is 12.4. The smallest absolute Gasteiger partial charge is 0.281 e. The van der Waals surface area contributed by atoms with Crippen molar-refractivity contribution in [1.82, 2.24) is 13.9 Å². The quantitative estimate of drug-likeness (QED) is 0.719. The van der Waals surface area contributed by atoms with Gasteiger partial charge in [-0.05, 0) is 12.8 Å². The summed E-state index contributed by atoms with van der Waals surface area (Å²) in [5, 5.41) is 12.7. The molecule has 1 fully saturated rings. The number of carbonyl (C=O) groups excluding carboxylic acids is 1. The third-order valence-electron chi connectivity index (χ3n) is 3.57. The van der Waals surface area contributed by atoms with Crippen molar-refractivity contribution in [2.24, 2.45) is 0 Å². The van der Waals surface area contributed by atoms with Gasteiger partial charge in [0.2, 0.25) is 5.91 Å². The zero-order valence-corrected chi connectivity index (χ0v) is 13.2. The Morgan fingerprint density at radius 2 is 1.85 bits per heavy atom. The molecule has 0 aromatic carbocycles. The van der Waals surface area contributed by atoms with Crippen LogP contribution >= 0.6 is 0 Å². The number of hydrogen-bond acceptors (Lipinski definition) is 4. The van der Waals surface area contributed by atoms with Crippen molar-refractivity contribution < 1.29 is 18.3 Å². The van der Waals surface area contributed by atoms with E-state index in [4.69, 9.17) is 0 Å². The molecule has 1 amide bonds. The Bertz CT molecular complexity index is 422. The fourth-order valence-electron chi connectivity index (χ4n) is 2.44. The first-order valence-electron chi connectivity index (χ1n) is 7.03. The van der Waals surface area contributed by atoms with Crippen molar-refractivity contribution in [1.29, 1.82) is 0 Å². The fourth-order valence-corrected chi connectivity index (χ4v) is 4.09. The van der Waals surface area contributed by atoms with Crippen molar-refractivity contribution in [3.63, 3.8) is 0 Å². The van der Waals surface area contributed by atoms with Crippen molar-refractivity contribution in [3.8, 4) is 0 Å². The van der Waals surface area contributed by atoms with E-state index in [1.54, 1.807) is 13.8 Å². The minimum atomic E-state index is -3.48. The summed E-state index contributed by atoms with van der Waals surface area (Å²) in [6, 6.07) is -0.385. The summed E-state index contributed by atoms with van der Waals surface area (Å²) < 4.78 is 27.6. The molecule has 1 aliphatic rings. The molecule has 20 heavy (non-hydrogen) atoms. The molecule has 0 radical (unpaired) electrons. The van der Waals surface area contributed by atoms with Crippen LogP contribution in [0.3, 0.4) is 0 Å². The van der Waals surface area contributed by atoms with E-state index in [2.05, 4.69) is 5.32 Å². The number of nitrogens with one attached hydrogen (secondary N) is 1. The van der Waals surface area contributed by atoms with E-state index in [1.807, 2.05) is 0 Å². The van der Waals surface area contributed by atoms with Crippen LogP contribution in [0.25, 0.3) is 0 Å². The summed E-state index contributed by atoms with van der Waals surface area (Å²) in [5.74, 6) is -0.214. The van der Waals surface area contributed by atoms with Crippen LogP contribution in [0, 0.1) is 0 Å². The molecule has 0 spiro atoms. The number of amides is 1. The third kappa shape index (κ3) is 4.15. The number of nitrogens with zero attached hydrogens (tertiary/aromatic N) is 2. The first kappa shape index (κ1) is 17.4. The van der Waals surface area contributed by atoms with Crippen molar-refractivity contribution >= 4 is 16.1 Å². The van der Waals surface area contributed by atoms with Crippen LogP contribution < -0.4 is 5.32 Å². The lowest BCUT2D eigenvalue weighted by molar-refractivity contribution is -0.120. The van der Waals surface area contributed by atoms with E-state index >= 15 is 0 Å². The highest BCUT2D eigenvalue weighted by atomic mass is 32.2. The van der Waals surface area contributed by atoms with Gasteiger partial charge in [-0.15, -0.1) is 0 Å². The second kappa shape index (κ2) is 7.35. The Labute approximate surface area is 121 Å². The highest BCUT2D eigenvalue weighted by Crippen LogP contribution is 2.17. The average molecular weight is 307 g/mol. The third-order valence-corrected chi connectivity index (χ3v) is 5.76. The van der Waals surface area contributed by atoms with Crippen molar-refractivity contribution in [2.45, 2.75) is 45.8 Å². The average Bonchev–Trinajstić information content (AvgIpc) is 2.53. The Kier molecular flexibility index (Phi) is 6.38. The van der Waals surface area contributed by atoms with Gasteiger partial charge in [-0.2, -0.15) is 17.0 Å². The Morgan fingerprint density at radius 1 is 1.30 bits per heavy atom. The van der Waals surface area contributed by atoms with Gasteiger partial charge in [-0.3, -0.25) is 4.79 Å². The Hall–Kier alpha value is -0.700. The van der Waals surface area contributed by atoms with Gasteiger partial charge in [0.1, 0.15) is 0 Å². The molecular weight excluding hydrogens is 282 g/mol. The van der Waals surface area contributed by atoms with Gasteiger partial charge >= 0.3 is 0 Å². The maximum absolute atomic E-state index is 12.4.